The molecular weight excluding hydrogens is 216 g/mol. The van der Waals surface area contributed by atoms with Crippen molar-refractivity contribution in [3.05, 3.63) is 35.4 Å². The van der Waals surface area contributed by atoms with E-state index in [9.17, 15) is 9.59 Å². The molecule has 1 aromatic rings. The summed E-state index contributed by atoms with van der Waals surface area (Å²) in [5, 5.41) is 0. The highest BCUT2D eigenvalue weighted by molar-refractivity contribution is 5.99. The van der Waals surface area contributed by atoms with Crippen molar-refractivity contribution in [1.29, 1.82) is 0 Å². The van der Waals surface area contributed by atoms with Gasteiger partial charge in [-0.05, 0) is 18.1 Å². The predicted molar refractivity (Wildman–Crippen MR) is 66.2 cm³/mol. The second-order valence-electron chi connectivity index (χ2n) is 4.21. The molecule has 1 atom stereocenters. The summed E-state index contributed by atoms with van der Waals surface area (Å²) in [6, 6.07) is 6.68. The van der Waals surface area contributed by atoms with Crippen LogP contribution in [0.4, 0.5) is 0 Å². The number of benzene rings is 1. The predicted octanol–water partition coefficient (Wildman–Crippen LogP) is 3.09. The summed E-state index contributed by atoms with van der Waals surface area (Å²) in [6.07, 6.45) is 1.49. The van der Waals surface area contributed by atoms with E-state index in [1.165, 1.54) is 7.11 Å². The molecule has 0 fully saturated rings. The topological polar surface area (TPSA) is 43.4 Å². The minimum atomic E-state index is -0.414. The van der Waals surface area contributed by atoms with E-state index in [4.69, 9.17) is 0 Å². The van der Waals surface area contributed by atoms with E-state index in [2.05, 4.69) is 11.7 Å². The van der Waals surface area contributed by atoms with Crippen molar-refractivity contribution in [2.75, 3.05) is 7.11 Å². The fraction of sp³-hybridized carbons (Fsp3) is 0.429. The van der Waals surface area contributed by atoms with Gasteiger partial charge >= 0.3 is 5.97 Å². The lowest BCUT2D eigenvalue weighted by Gasteiger charge is -2.07. The Bertz CT molecular complexity index is 410. The number of rotatable bonds is 5. The van der Waals surface area contributed by atoms with Crippen molar-refractivity contribution in [2.45, 2.75) is 26.7 Å². The molecule has 0 bridgehead atoms. The van der Waals surface area contributed by atoms with E-state index in [0.717, 1.165) is 6.42 Å². The average molecular weight is 234 g/mol. The fourth-order valence-corrected chi connectivity index (χ4v) is 1.52. The van der Waals surface area contributed by atoms with Crippen LogP contribution in [0.2, 0.25) is 0 Å². The maximum absolute atomic E-state index is 11.9. The Kier molecular flexibility index (Phi) is 4.88. The second kappa shape index (κ2) is 6.18. The van der Waals surface area contributed by atoms with E-state index in [-0.39, 0.29) is 5.78 Å². The van der Waals surface area contributed by atoms with Crippen LogP contribution in [0.1, 0.15) is 47.4 Å². The van der Waals surface area contributed by atoms with Crippen LogP contribution in [0, 0.1) is 5.92 Å². The number of methoxy groups -OCH3 is 1. The number of ketones is 1. The zero-order valence-corrected chi connectivity index (χ0v) is 10.5. The molecule has 3 heteroatoms. The summed E-state index contributed by atoms with van der Waals surface area (Å²) in [5.41, 5.74) is 0.996. The van der Waals surface area contributed by atoms with Crippen LogP contribution in [-0.2, 0) is 4.74 Å². The second-order valence-corrected chi connectivity index (χ2v) is 4.21. The standard InChI is InChI=1S/C14H18O3/c1-4-10(2)8-13(15)11-6-5-7-12(9-11)14(16)17-3/h5-7,9-10H,4,8H2,1-3H3. The number of hydrogen-bond donors (Lipinski definition) is 0. The first-order valence-electron chi connectivity index (χ1n) is 5.80. The van der Waals surface area contributed by atoms with Gasteiger partial charge in [0.15, 0.2) is 5.78 Å². The van der Waals surface area contributed by atoms with Crippen LogP contribution in [0.5, 0.6) is 0 Å². The molecule has 0 spiro atoms. The van der Waals surface area contributed by atoms with Gasteiger partial charge in [0.25, 0.3) is 0 Å². The zero-order chi connectivity index (χ0) is 12.8. The van der Waals surface area contributed by atoms with Crippen molar-refractivity contribution in [2.24, 2.45) is 5.92 Å². The Morgan fingerprint density at radius 1 is 1.29 bits per heavy atom. The summed E-state index contributed by atoms with van der Waals surface area (Å²) in [5.74, 6) is 0.0255. The van der Waals surface area contributed by atoms with Crippen LogP contribution in [0.3, 0.4) is 0 Å². The lowest BCUT2D eigenvalue weighted by molar-refractivity contribution is 0.0600. The Balaban J connectivity index is 2.84. The van der Waals surface area contributed by atoms with Gasteiger partial charge in [-0.1, -0.05) is 32.4 Å². The van der Waals surface area contributed by atoms with Crippen LogP contribution in [0.15, 0.2) is 24.3 Å². The van der Waals surface area contributed by atoms with Gasteiger partial charge in [-0.3, -0.25) is 4.79 Å². The smallest absolute Gasteiger partial charge is 0.337 e. The third-order valence-electron chi connectivity index (χ3n) is 2.84. The molecule has 0 amide bonds. The number of ether oxygens (including phenoxy) is 1. The van der Waals surface area contributed by atoms with Crippen molar-refractivity contribution >= 4 is 11.8 Å². The Labute approximate surface area is 102 Å². The summed E-state index contributed by atoms with van der Waals surface area (Å²) < 4.78 is 4.62. The van der Waals surface area contributed by atoms with Crippen LogP contribution in [0.25, 0.3) is 0 Å². The molecule has 1 aromatic carbocycles. The number of Topliss-reactive ketones (excluding diaryl/α,β-unsaturated/α-hetero) is 1. The van der Waals surface area contributed by atoms with Gasteiger partial charge in [0.1, 0.15) is 0 Å². The molecule has 92 valence electrons. The molecule has 17 heavy (non-hydrogen) atoms. The summed E-state index contributed by atoms with van der Waals surface area (Å²) >= 11 is 0. The first-order valence-corrected chi connectivity index (χ1v) is 5.80. The molecule has 1 rings (SSSR count). The minimum Gasteiger partial charge on any atom is -0.465 e. The molecule has 0 aliphatic heterocycles. The highest BCUT2D eigenvalue weighted by Crippen LogP contribution is 2.14. The molecule has 0 aromatic heterocycles. The molecule has 1 unspecified atom stereocenters. The monoisotopic (exact) mass is 234 g/mol. The third-order valence-corrected chi connectivity index (χ3v) is 2.84. The van der Waals surface area contributed by atoms with Gasteiger partial charge < -0.3 is 4.74 Å². The normalized spacial score (nSPS) is 11.9. The Morgan fingerprint density at radius 2 is 1.94 bits per heavy atom. The van der Waals surface area contributed by atoms with E-state index in [1.807, 2.05) is 6.92 Å². The van der Waals surface area contributed by atoms with E-state index in [0.29, 0.717) is 23.5 Å². The number of hydrogen-bond acceptors (Lipinski definition) is 3. The van der Waals surface area contributed by atoms with Gasteiger partial charge in [0.05, 0.1) is 12.7 Å². The van der Waals surface area contributed by atoms with Gasteiger partial charge in [-0.25, -0.2) is 4.79 Å². The highest BCUT2D eigenvalue weighted by atomic mass is 16.5. The molecule has 0 aliphatic rings. The molecule has 3 nitrogen and oxygen atoms in total. The van der Waals surface area contributed by atoms with Crippen LogP contribution < -0.4 is 0 Å². The number of carbonyl (C=O) groups excluding carboxylic acids is 2. The number of esters is 1. The summed E-state index contributed by atoms with van der Waals surface area (Å²) in [6.45, 7) is 4.10. The van der Waals surface area contributed by atoms with Crippen LogP contribution >= 0.6 is 0 Å². The van der Waals surface area contributed by atoms with Crippen LogP contribution in [-0.4, -0.2) is 18.9 Å². The van der Waals surface area contributed by atoms with Crippen molar-refractivity contribution in [3.8, 4) is 0 Å². The Morgan fingerprint density at radius 3 is 2.53 bits per heavy atom. The molecule has 0 heterocycles. The van der Waals surface area contributed by atoms with E-state index >= 15 is 0 Å². The van der Waals surface area contributed by atoms with Gasteiger partial charge in [0.2, 0.25) is 0 Å². The van der Waals surface area contributed by atoms with E-state index < -0.39 is 5.97 Å². The molecule has 0 radical (unpaired) electrons. The van der Waals surface area contributed by atoms with Gasteiger partial charge in [-0.15, -0.1) is 0 Å². The third kappa shape index (κ3) is 3.70. The molecule has 0 saturated heterocycles. The SMILES string of the molecule is CCC(C)CC(=O)c1cccc(C(=O)OC)c1. The van der Waals surface area contributed by atoms with E-state index in [1.54, 1.807) is 24.3 Å². The molecule has 0 saturated carbocycles. The quantitative estimate of drug-likeness (QED) is 0.581. The van der Waals surface area contributed by atoms with Gasteiger partial charge in [-0.2, -0.15) is 0 Å². The zero-order valence-electron chi connectivity index (χ0n) is 10.5. The first kappa shape index (κ1) is 13.4. The maximum Gasteiger partial charge on any atom is 0.337 e. The molecular formula is C14H18O3. The maximum atomic E-state index is 11.9. The fourth-order valence-electron chi connectivity index (χ4n) is 1.52. The minimum absolute atomic E-state index is 0.0742. The summed E-state index contributed by atoms with van der Waals surface area (Å²) in [4.78, 5) is 23.3. The first-order chi connectivity index (χ1) is 8.08. The molecule has 0 N–H and O–H groups in total. The lowest BCUT2D eigenvalue weighted by Crippen LogP contribution is -2.07. The number of carbonyl (C=O) groups is 2. The summed E-state index contributed by atoms with van der Waals surface area (Å²) in [7, 11) is 1.33. The highest BCUT2D eigenvalue weighted by Gasteiger charge is 2.12. The van der Waals surface area contributed by atoms with Crippen molar-refractivity contribution in [3.63, 3.8) is 0 Å². The molecule has 0 aliphatic carbocycles. The van der Waals surface area contributed by atoms with Crippen molar-refractivity contribution in [1.82, 2.24) is 0 Å². The average Bonchev–Trinajstić information content (AvgIpc) is 2.37. The van der Waals surface area contributed by atoms with Gasteiger partial charge in [0, 0.05) is 12.0 Å². The lowest BCUT2D eigenvalue weighted by atomic mass is 9.97. The van der Waals surface area contributed by atoms with Crippen molar-refractivity contribution < 1.29 is 14.3 Å². The Hall–Kier alpha value is -1.64. The largest absolute Gasteiger partial charge is 0.465 e.